The number of rotatable bonds is 3. The van der Waals surface area contributed by atoms with Crippen molar-refractivity contribution in [3.63, 3.8) is 0 Å². The molecule has 5 heteroatoms. The molecule has 104 valence electrons. The van der Waals surface area contributed by atoms with Gasteiger partial charge in [0.15, 0.2) is 0 Å². The summed E-state index contributed by atoms with van der Waals surface area (Å²) in [4.78, 5) is 14.4. The molecule has 0 aromatic heterocycles. The Bertz CT molecular complexity index is 457. The zero-order valence-electron chi connectivity index (χ0n) is 11.3. The predicted octanol–water partition coefficient (Wildman–Crippen LogP) is 2.28. The van der Waals surface area contributed by atoms with Crippen LogP contribution in [0.25, 0.3) is 0 Å². The Labute approximate surface area is 122 Å². The fourth-order valence-corrected chi connectivity index (χ4v) is 2.72. The maximum atomic E-state index is 12.5. The molecule has 0 spiro atoms. The van der Waals surface area contributed by atoms with Gasteiger partial charge in [0, 0.05) is 23.6 Å². The van der Waals surface area contributed by atoms with Crippen LogP contribution >= 0.6 is 15.9 Å². The second-order valence-electron chi connectivity index (χ2n) is 4.70. The molecule has 1 N–H and O–H groups in total. The summed E-state index contributed by atoms with van der Waals surface area (Å²) in [6, 6.07) is 6.04. The summed E-state index contributed by atoms with van der Waals surface area (Å²) in [5, 5.41) is 3.26. The van der Waals surface area contributed by atoms with E-state index in [1.54, 1.807) is 7.11 Å². The smallest absolute Gasteiger partial charge is 0.257 e. The number of carbonyl (C=O) groups excluding carboxylic acids is 1. The van der Waals surface area contributed by atoms with Crippen LogP contribution in [0.15, 0.2) is 22.7 Å². The van der Waals surface area contributed by atoms with Gasteiger partial charge in [-0.25, -0.2) is 0 Å². The van der Waals surface area contributed by atoms with Crippen molar-refractivity contribution in [2.75, 3.05) is 27.2 Å². The van der Waals surface area contributed by atoms with E-state index < -0.39 is 0 Å². The largest absolute Gasteiger partial charge is 0.496 e. The van der Waals surface area contributed by atoms with Gasteiger partial charge in [-0.05, 0) is 38.1 Å². The molecule has 0 radical (unpaired) electrons. The average Bonchev–Trinajstić information content (AvgIpc) is 2.46. The van der Waals surface area contributed by atoms with Crippen molar-refractivity contribution in [2.24, 2.45) is 0 Å². The molecule has 0 aliphatic carbocycles. The molecule has 0 bridgehead atoms. The molecule has 1 aromatic rings. The van der Waals surface area contributed by atoms with Crippen LogP contribution in [0.3, 0.4) is 0 Å². The number of amides is 1. The van der Waals surface area contributed by atoms with Crippen molar-refractivity contribution in [3.8, 4) is 5.75 Å². The van der Waals surface area contributed by atoms with Gasteiger partial charge in [-0.15, -0.1) is 0 Å². The zero-order chi connectivity index (χ0) is 13.8. The predicted molar refractivity (Wildman–Crippen MR) is 78.7 cm³/mol. The lowest BCUT2D eigenvalue weighted by atomic mass is 10.0. The third kappa shape index (κ3) is 3.28. The molecular weight excluding hydrogens is 308 g/mol. The lowest BCUT2D eigenvalue weighted by Crippen LogP contribution is -2.44. The fraction of sp³-hybridized carbons (Fsp3) is 0.500. The van der Waals surface area contributed by atoms with Crippen molar-refractivity contribution in [3.05, 3.63) is 28.2 Å². The highest BCUT2D eigenvalue weighted by Crippen LogP contribution is 2.25. The molecule has 1 amide bonds. The minimum absolute atomic E-state index is 0.0545. The molecule has 0 unspecified atom stereocenters. The van der Waals surface area contributed by atoms with Gasteiger partial charge in [0.2, 0.25) is 0 Å². The van der Waals surface area contributed by atoms with Gasteiger partial charge in [0.25, 0.3) is 5.91 Å². The molecule has 1 heterocycles. The highest BCUT2D eigenvalue weighted by atomic mass is 79.9. The molecule has 1 aliphatic rings. The Morgan fingerprint density at radius 2 is 2.11 bits per heavy atom. The second-order valence-corrected chi connectivity index (χ2v) is 5.62. The van der Waals surface area contributed by atoms with Gasteiger partial charge in [-0.3, -0.25) is 4.79 Å². The first-order chi connectivity index (χ1) is 9.15. The van der Waals surface area contributed by atoms with E-state index in [0.717, 1.165) is 30.4 Å². The van der Waals surface area contributed by atoms with Crippen LogP contribution in [0, 0.1) is 0 Å². The summed E-state index contributed by atoms with van der Waals surface area (Å²) < 4.78 is 6.20. The Balaban J connectivity index is 2.12. The highest BCUT2D eigenvalue weighted by molar-refractivity contribution is 9.10. The van der Waals surface area contributed by atoms with E-state index >= 15 is 0 Å². The Morgan fingerprint density at radius 1 is 1.42 bits per heavy atom. The molecule has 1 fully saturated rings. The number of hydrogen-bond acceptors (Lipinski definition) is 3. The number of hydrogen-bond donors (Lipinski definition) is 1. The summed E-state index contributed by atoms with van der Waals surface area (Å²) in [6.45, 7) is 1.59. The summed E-state index contributed by atoms with van der Waals surface area (Å²) in [5.41, 5.74) is 0.633. The minimum Gasteiger partial charge on any atom is -0.496 e. The van der Waals surface area contributed by atoms with Gasteiger partial charge in [-0.1, -0.05) is 15.9 Å². The number of ether oxygens (including phenoxy) is 1. The van der Waals surface area contributed by atoms with Crippen molar-refractivity contribution in [2.45, 2.75) is 18.9 Å². The lowest BCUT2D eigenvalue weighted by molar-refractivity contribution is 0.0704. The number of nitrogens with zero attached hydrogens (tertiary/aromatic N) is 1. The van der Waals surface area contributed by atoms with Crippen LogP contribution in [0.4, 0.5) is 0 Å². The summed E-state index contributed by atoms with van der Waals surface area (Å²) in [6.07, 6.45) is 2.00. The molecular formula is C14H19BrN2O2. The summed E-state index contributed by atoms with van der Waals surface area (Å²) in [7, 11) is 3.56. The van der Waals surface area contributed by atoms with Gasteiger partial charge >= 0.3 is 0 Å². The number of nitrogens with one attached hydrogen (secondary N) is 1. The fourth-order valence-electron chi connectivity index (χ4n) is 2.38. The normalized spacial score (nSPS) is 16.5. The van der Waals surface area contributed by atoms with Crippen LogP contribution in [0.1, 0.15) is 23.2 Å². The van der Waals surface area contributed by atoms with Gasteiger partial charge in [0.05, 0.1) is 12.7 Å². The Kier molecular flexibility index (Phi) is 4.82. The molecule has 2 rings (SSSR count). The van der Waals surface area contributed by atoms with Gasteiger partial charge in [0.1, 0.15) is 5.75 Å². The van der Waals surface area contributed by atoms with Crippen LogP contribution in [0.5, 0.6) is 5.75 Å². The highest BCUT2D eigenvalue weighted by Gasteiger charge is 2.24. The maximum Gasteiger partial charge on any atom is 0.257 e. The molecule has 0 saturated carbocycles. The van der Waals surface area contributed by atoms with Crippen LogP contribution < -0.4 is 10.1 Å². The third-order valence-corrected chi connectivity index (χ3v) is 4.08. The van der Waals surface area contributed by atoms with E-state index in [2.05, 4.69) is 21.2 Å². The number of benzene rings is 1. The second kappa shape index (κ2) is 6.39. The monoisotopic (exact) mass is 326 g/mol. The van der Waals surface area contributed by atoms with Crippen LogP contribution in [-0.2, 0) is 0 Å². The van der Waals surface area contributed by atoms with Crippen LogP contribution in [-0.4, -0.2) is 44.1 Å². The van der Waals surface area contributed by atoms with Crippen molar-refractivity contribution >= 4 is 21.8 Å². The maximum absolute atomic E-state index is 12.5. The van der Waals surface area contributed by atoms with E-state index in [9.17, 15) is 4.79 Å². The molecule has 19 heavy (non-hydrogen) atoms. The van der Waals surface area contributed by atoms with Gasteiger partial charge in [-0.2, -0.15) is 0 Å². The van der Waals surface area contributed by atoms with Gasteiger partial charge < -0.3 is 15.0 Å². The van der Waals surface area contributed by atoms with Crippen LogP contribution in [0.2, 0.25) is 0 Å². The zero-order valence-corrected chi connectivity index (χ0v) is 12.9. The first-order valence-corrected chi connectivity index (χ1v) is 7.25. The van der Waals surface area contributed by atoms with Crippen molar-refractivity contribution in [1.82, 2.24) is 10.2 Å². The molecule has 4 nitrogen and oxygen atoms in total. The van der Waals surface area contributed by atoms with E-state index in [0.29, 0.717) is 17.4 Å². The molecule has 1 saturated heterocycles. The summed E-state index contributed by atoms with van der Waals surface area (Å²) >= 11 is 3.39. The van der Waals surface area contributed by atoms with E-state index in [1.807, 2.05) is 30.1 Å². The Hall–Kier alpha value is -1.07. The standard InChI is InChI=1S/C14H19BrN2O2/c1-16-11-5-7-17(8-6-11)14(18)12-4-3-10(15)9-13(12)19-2/h3-4,9,11,16H,5-8H2,1-2H3. The first-order valence-electron chi connectivity index (χ1n) is 6.45. The van der Waals surface area contributed by atoms with Crippen molar-refractivity contribution in [1.29, 1.82) is 0 Å². The SMILES string of the molecule is CNC1CCN(C(=O)c2ccc(Br)cc2OC)CC1. The minimum atomic E-state index is 0.0545. The number of methoxy groups -OCH3 is 1. The topological polar surface area (TPSA) is 41.6 Å². The summed E-state index contributed by atoms with van der Waals surface area (Å²) in [5.74, 6) is 0.675. The van der Waals surface area contributed by atoms with Crippen molar-refractivity contribution < 1.29 is 9.53 Å². The van der Waals surface area contributed by atoms with E-state index in [-0.39, 0.29) is 5.91 Å². The van der Waals surface area contributed by atoms with E-state index in [1.165, 1.54) is 0 Å². The molecule has 1 aliphatic heterocycles. The quantitative estimate of drug-likeness (QED) is 0.926. The van der Waals surface area contributed by atoms with E-state index in [4.69, 9.17) is 4.74 Å². The number of halogens is 1. The first kappa shape index (κ1) is 14.3. The number of piperidine rings is 1. The number of carbonyl (C=O) groups is 1. The average molecular weight is 327 g/mol. The lowest BCUT2D eigenvalue weighted by Gasteiger charge is -2.32. The third-order valence-electron chi connectivity index (χ3n) is 3.58. The molecule has 1 aromatic carbocycles. The Morgan fingerprint density at radius 3 is 2.68 bits per heavy atom. The number of likely N-dealkylation sites (tertiary alicyclic amines) is 1. The molecule has 0 atom stereocenters.